The van der Waals surface area contributed by atoms with E-state index in [1.165, 1.54) is 7.11 Å². The van der Waals surface area contributed by atoms with Crippen LogP contribution in [0.3, 0.4) is 0 Å². The number of ether oxygens (including phenoxy) is 3. The Kier molecular flexibility index (Phi) is 5.98. The van der Waals surface area contributed by atoms with Gasteiger partial charge in [-0.05, 0) is 43.9 Å². The van der Waals surface area contributed by atoms with E-state index >= 15 is 0 Å². The molecule has 2 unspecified atom stereocenters. The van der Waals surface area contributed by atoms with Gasteiger partial charge in [-0.3, -0.25) is 9.59 Å². The molecule has 1 saturated heterocycles. The lowest BCUT2D eigenvalue weighted by molar-refractivity contribution is -0.148. The summed E-state index contributed by atoms with van der Waals surface area (Å²) in [4.78, 5) is 26.1. The van der Waals surface area contributed by atoms with Crippen molar-refractivity contribution in [3.63, 3.8) is 0 Å². The van der Waals surface area contributed by atoms with Gasteiger partial charge in [0, 0.05) is 19.2 Å². The fourth-order valence-corrected chi connectivity index (χ4v) is 3.75. The molecular formula is C19H26N2O5. The summed E-state index contributed by atoms with van der Waals surface area (Å²) in [5.74, 6) is 1.35. The number of nitrogens with zero attached hydrogens (tertiary/aromatic N) is 1. The molecule has 1 aromatic carbocycles. The first-order chi connectivity index (χ1) is 12.6. The largest absolute Gasteiger partial charge is 0.497 e. The normalized spacial score (nSPS) is 22.4. The van der Waals surface area contributed by atoms with Crippen LogP contribution in [0.25, 0.3) is 0 Å². The molecule has 2 atom stereocenters. The number of benzene rings is 1. The van der Waals surface area contributed by atoms with E-state index in [-0.39, 0.29) is 30.3 Å². The predicted octanol–water partition coefficient (Wildman–Crippen LogP) is 1.60. The maximum absolute atomic E-state index is 12.3. The molecule has 2 heterocycles. The maximum Gasteiger partial charge on any atom is 0.310 e. The number of carbonyl (C=O) groups is 2. The Morgan fingerprint density at radius 1 is 1.38 bits per heavy atom. The molecule has 26 heavy (non-hydrogen) atoms. The predicted molar refractivity (Wildman–Crippen MR) is 96.6 cm³/mol. The molecule has 0 bridgehead atoms. The molecule has 0 spiro atoms. The van der Waals surface area contributed by atoms with Crippen LogP contribution in [0.5, 0.6) is 11.5 Å². The van der Waals surface area contributed by atoms with Crippen molar-refractivity contribution >= 4 is 17.6 Å². The summed E-state index contributed by atoms with van der Waals surface area (Å²) in [5, 5.41) is 3.26. The Balaban J connectivity index is 1.64. The van der Waals surface area contributed by atoms with Crippen molar-refractivity contribution in [2.24, 2.45) is 11.8 Å². The van der Waals surface area contributed by atoms with E-state index in [9.17, 15) is 9.59 Å². The number of anilines is 1. The molecule has 1 N–H and O–H groups in total. The van der Waals surface area contributed by atoms with Crippen LogP contribution < -0.4 is 19.7 Å². The van der Waals surface area contributed by atoms with Gasteiger partial charge in [-0.2, -0.15) is 0 Å². The number of methoxy groups -OCH3 is 2. The van der Waals surface area contributed by atoms with E-state index in [2.05, 4.69) is 5.32 Å². The average molecular weight is 362 g/mol. The zero-order valence-corrected chi connectivity index (χ0v) is 15.3. The Hall–Kier alpha value is -2.28. The zero-order chi connectivity index (χ0) is 18.5. The van der Waals surface area contributed by atoms with Crippen molar-refractivity contribution in [3.8, 4) is 11.5 Å². The SMILES string of the molecule is COC(=O)C1CNCCC1CCCN1C(=O)COc2ccc(OC)cc21. The highest BCUT2D eigenvalue weighted by Gasteiger charge is 2.32. The fourth-order valence-electron chi connectivity index (χ4n) is 3.75. The highest BCUT2D eigenvalue weighted by Crippen LogP contribution is 2.36. The molecule has 7 nitrogen and oxygen atoms in total. The number of fused-ring (bicyclic) bond motifs is 1. The van der Waals surface area contributed by atoms with E-state index < -0.39 is 0 Å². The van der Waals surface area contributed by atoms with Crippen molar-refractivity contribution in [3.05, 3.63) is 18.2 Å². The van der Waals surface area contributed by atoms with Crippen LogP contribution in [0.4, 0.5) is 5.69 Å². The van der Waals surface area contributed by atoms with Crippen molar-refractivity contribution < 1.29 is 23.8 Å². The Labute approximate surface area is 153 Å². The molecule has 0 saturated carbocycles. The number of piperidine rings is 1. The van der Waals surface area contributed by atoms with Crippen LogP contribution in [-0.2, 0) is 14.3 Å². The summed E-state index contributed by atoms with van der Waals surface area (Å²) < 4.78 is 15.7. The van der Waals surface area contributed by atoms with E-state index in [1.54, 1.807) is 12.0 Å². The molecule has 2 aliphatic rings. The van der Waals surface area contributed by atoms with Crippen molar-refractivity contribution in [1.29, 1.82) is 0 Å². The number of nitrogens with one attached hydrogen (secondary N) is 1. The third kappa shape index (κ3) is 3.93. The minimum atomic E-state index is -0.153. The van der Waals surface area contributed by atoms with Crippen LogP contribution in [0.15, 0.2) is 18.2 Å². The van der Waals surface area contributed by atoms with E-state index in [0.29, 0.717) is 24.6 Å². The van der Waals surface area contributed by atoms with Crippen LogP contribution in [0.1, 0.15) is 19.3 Å². The van der Waals surface area contributed by atoms with Crippen molar-refractivity contribution in [2.75, 3.05) is 45.4 Å². The first kappa shape index (κ1) is 18.5. The minimum Gasteiger partial charge on any atom is -0.497 e. The first-order valence-corrected chi connectivity index (χ1v) is 9.03. The van der Waals surface area contributed by atoms with Crippen molar-refractivity contribution in [1.82, 2.24) is 5.32 Å². The molecule has 2 aliphatic heterocycles. The van der Waals surface area contributed by atoms with Gasteiger partial charge in [0.2, 0.25) is 0 Å². The fraction of sp³-hybridized carbons (Fsp3) is 0.579. The van der Waals surface area contributed by atoms with Gasteiger partial charge in [0.25, 0.3) is 5.91 Å². The number of carbonyl (C=O) groups excluding carboxylic acids is 2. The van der Waals surface area contributed by atoms with Gasteiger partial charge in [0.15, 0.2) is 6.61 Å². The van der Waals surface area contributed by atoms with Crippen LogP contribution in [-0.4, -0.2) is 52.3 Å². The summed E-state index contributed by atoms with van der Waals surface area (Å²) >= 11 is 0. The van der Waals surface area contributed by atoms with E-state index in [0.717, 1.165) is 31.5 Å². The summed E-state index contributed by atoms with van der Waals surface area (Å²) in [7, 11) is 3.03. The molecule has 3 rings (SSSR count). The van der Waals surface area contributed by atoms with E-state index in [1.807, 2.05) is 18.2 Å². The Morgan fingerprint density at radius 3 is 3.00 bits per heavy atom. The van der Waals surface area contributed by atoms with Gasteiger partial charge in [-0.15, -0.1) is 0 Å². The second kappa shape index (κ2) is 8.40. The molecular weight excluding hydrogens is 336 g/mol. The van der Waals surface area contributed by atoms with Gasteiger partial charge < -0.3 is 24.4 Å². The second-order valence-corrected chi connectivity index (χ2v) is 6.69. The summed E-state index contributed by atoms with van der Waals surface area (Å²) in [5.41, 5.74) is 0.746. The number of hydrogen-bond donors (Lipinski definition) is 1. The van der Waals surface area contributed by atoms with Crippen LogP contribution in [0.2, 0.25) is 0 Å². The third-order valence-electron chi connectivity index (χ3n) is 5.19. The maximum atomic E-state index is 12.3. The molecule has 0 radical (unpaired) electrons. The molecule has 1 aromatic rings. The van der Waals surface area contributed by atoms with Crippen LogP contribution in [0, 0.1) is 11.8 Å². The summed E-state index contributed by atoms with van der Waals surface area (Å²) in [6.45, 7) is 2.22. The summed E-state index contributed by atoms with van der Waals surface area (Å²) in [6, 6.07) is 5.48. The molecule has 1 fully saturated rings. The quantitative estimate of drug-likeness (QED) is 0.775. The molecule has 142 valence electrons. The summed E-state index contributed by atoms with van der Waals surface area (Å²) in [6.07, 6.45) is 2.65. The van der Waals surface area contributed by atoms with Gasteiger partial charge in [-0.25, -0.2) is 0 Å². The highest BCUT2D eigenvalue weighted by molar-refractivity contribution is 5.98. The third-order valence-corrected chi connectivity index (χ3v) is 5.19. The Bertz CT molecular complexity index is 663. The van der Waals surface area contributed by atoms with Gasteiger partial charge in [-0.1, -0.05) is 0 Å². The first-order valence-electron chi connectivity index (χ1n) is 9.03. The number of hydrogen-bond acceptors (Lipinski definition) is 6. The van der Waals surface area contributed by atoms with Crippen LogP contribution >= 0.6 is 0 Å². The van der Waals surface area contributed by atoms with Crippen molar-refractivity contribution in [2.45, 2.75) is 19.3 Å². The molecule has 0 aliphatic carbocycles. The smallest absolute Gasteiger partial charge is 0.310 e. The van der Waals surface area contributed by atoms with Gasteiger partial charge >= 0.3 is 5.97 Å². The monoisotopic (exact) mass is 362 g/mol. The number of amides is 1. The zero-order valence-electron chi connectivity index (χ0n) is 15.3. The molecule has 1 amide bonds. The average Bonchev–Trinajstić information content (AvgIpc) is 2.69. The Morgan fingerprint density at radius 2 is 2.23 bits per heavy atom. The number of rotatable bonds is 6. The lowest BCUT2D eigenvalue weighted by Crippen LogP contribution is -2.42. The lowest BCUT2D eigenvalue weighted by Gasteiger charge is -2.32. The second-order valence-electron chi connectivity index (χ2n) is 6.69. The van der Waals surface area contributed by atoms with Gasteiger partial charge in [0.1, 0.15) is 11.5 Å². The standard InChI is InChI=1S/C19H26N2O5/c1-24-14-5-6-17-16(10-14)21(18(22)12-26-17)9-3-4-13-7-8-20-11-15(13)19(23)25-2/h5-6,10,13,15,20H,3-4,7-9,11-12H2,1-2H3. The van der Waals surface area contributed by atoms with Gasteiger partial charge in [0.05, 0.1) is 25.8 Å². The minimum absolute atomic E-state index is 0.0530. The highest BCUT2D eigenvalue weighted by atomic mass is 16.5. The van der Waals surface area contributed by atoms with E-state index in [4.69, 9.17) is 14.2 Å². The topological polar surface area (TPSA) is 77.1 Å². The number of esters is 1. The molecule has 0 aromatic heterocycles. The lowest BCUT2D eigenvalue weighted by atomic mass is 9.83. The molecule has 7 heteroatoms.